The Labute approximate surface area is 100 Å². The Balaban J connectivity index is 2.91. The molecule has 0 heteroatoms. The molecule has 0 bridgehead atoms. The van der Waals surface area contributed by atoms with E-state index in [0.29, 0.717) is 5.92 Å². The van der Waals surface area contributed by atoms with Crippen molar-refractivity contribution in [1.29, 1.82) is 0 Å². The molecular formula is C16H24. The third-order valence-corrected chi connectivity index (χ3v) is 3.25. The summed E-state index contributed by atoms with van der Waals surface area (Å²) in [6, 6.07) is 6.85. The van der Waals surface area contributed by atoms with E-state index in [1.54, 1.807) is 0 Å². The van der Waals surface area contributed by atoms with Crippen molar-refractivity contribution in [3.05, 3.63) is 47.0 Å². The minimum Gasteiger partial charge on any atom is -0.0999 e. The molecule has 1 aromatic rings. The lowest BCUT2D eigenvalue weighted by Gasteiger charge is -2.15. The normalized spacial score (nSPS) is 12.5. The summed E-state index contributed by atoms with van der Waals surface area (Å²) < 4.78 is 0. The third kappa shape index (κ3) is 3.52. The van der Waals surface area contributed by atoms with Crippen LogP contribution < -0.4 is 0 Å². The first-order valence-electron chi connectivity index (χ1n) is 6.28. The smallest absolute Gasteiger partial charge is 0.0197 e. The maximum Gasteiger partial charge on any atom is -0.0197 e. The van der Waals surface area contributed by atoms with E-state index in [4.69, 9.17) is 0 Å². The Morgan fingerprint density at radius 1 is 1.31 bits per heavy atom. The highest BCUT2D eigenvalue weighted by molar-refractivity contribution is 5.32. The second-order valence-corrected chi connectivity index (χ2v) is 4.97. The minimum atomic E-state index is 0.581. The summed E-state index contributed by atoms with van der Waals surface area (Å²) in [5.41, 5.74) is 5.67. The van der Waals surface area contributed by atoms with Crippen LogP contribution in [0.1, 0.15) is 43.9 Å². The van der Waals surface area contributed by atoms with E-state index in [2.05, 4.69) is 52.5 Å². The molecule has 0 amide bonds. The number of rotatable bonds is 5. The van der Waals surface area contributed by atoms with Crippen molar-refractivity contribution in [1.82, 2.24) is 0 Å². The van der Waals surface area contributed by atoms with Crippen LogP contribution in [0.2, 0.25) is 0 Å². The first kappa shape index (κ1) is 13.0. The summed E-state index contributed by atoms with van der Waals surface area (Å²) in [5.74, 6) is 0.581. The van der Waals surface area contributed by atoms with Gasteiger partial charge in [0.25, 0.3) is 0 Å². The number of hydrogen-bond acceptors (Lipinski definition) is 0. The van der Waals surface area contributed by atoms with Gasteiger partial charge in [-0.1, -0.05) is 56.2 Å². The Morgan fingerprint density at radius 2 is 2.00 bits per heavy atom. The Kier molecular flexibility index (Phi) is 4.79. The van der Waals surface area contributed by atoms with Crippen LogP contribution in [0.5, 0.6) is 0 Å². The van der Waals surface area contributed by atoms with Crippen LogP contribution in [0.3, 0.4) is 0 Å². The topological polar surface area (TPSA) is 0 Å². The molecule has 0 nitrogen and oxygen atoms in total. The number of benzene rings is 1. The zero-order chi connectivity index (χ0) is 12.1. The fourth-order valence-electron chi connectivity index (χ4n) is 1.96. The monoisotopic (exact) mass is 216 g/mol. The van der Waals surface area contributed by atoms with Gasteiger partial charge in [0.1, 0.15) is 0 Å². The minimum absolute atomic E-state index is 0.581. The van der Waals surface area contributed by atoms with E-state index >= 15 is 0 Å². The van der Waals surface area contributed by atoms with Crippen LogP contribution in [-0.2, 0) is 12.8 Å². The molecule has 1 unspecified atom stereocenters. The van der Waals surface area contributed by atoms with Crippen molar-refractivity contribution in [2.45, 2.75) is 47.0 Å². The maximum atomic E-state index is 4.05. The van der Waals surface area contributed by atoms with E-state index in [1.807, 2.05) is 0 Å². The van der Waals surface area contributed by atoms with E-state index < -0.39 is 0 Å². The lowest BCUT2D eigenvalue weighted by molar-refractivity contribution is 0.673. The zero-order valence-corrected chi connectivity index (χ0v) is 11.1. The lowest BCUT2D eigenvalue weighted by atomic mass is 9.90. The van der Waals surface area contributed by atoms with Gasteiger partial charge >= 0.3 is 0 Å². The van der Waals surface area contributed by atoms with E-state index in [1.165, 1.54) is 35.1 Å². The summed E-state index contributed by atoms with van der Waals surface area (Å²) in [5, 5.41) is 0. The Hall–Kier alpha value is -1.04. The second kappa shape index (κ2) is 5.89. The second-order valence-electron chi connectivity index (χ2n) is 4.97. The predicted octanol–water partition coefficient (Wildman–Crippen LogP) is 4.70. The van der Waals surface area contributed by atoms with Gasteiger partial charge in [0.15, 0.2) is 0 Å². The van der Waals surface area contributed by atoms with Crippen LogP contribution in [0.15, 0.2) is 30.4 Å². The van der Waals surface area contributed by atoms with Gasteiger partial charge in [0, 0.05) is 0 Å². The molecule has 0 saturated heterocycles. The van der Waals surface area contributed by atoms with Crippen LogP contribution in [0.25, 0.3) is 0 Å². The molecule has 0 fully saturated rings. The summed E-state index contributed by atoms with van der Waals surface area (Å²) in [7, 11) is 0. The van der Waals surface area contributed by atoms with E-state index in [0.717, 1.165) is 6.42 Å². The SMILES string of the molecule is C=C(C)C(C)Cc1cc(C)ccc1CCC. The molecule has 0 aliphatic rings. The van der Waals surface area contributed by atoms with Gasteiger partial charge in [0.2, 0.25) is 0 Å². The van der Waals surface area contributed by atoms with Gasteiger partial charge in [-0.15, -0.1) is 0 Å². The predicted molar refractivity (Wildman–Crippen MR) is 72.9 cm³/mol. The molecule has 0 aliphatic heterocycles. The van der Waals surface area contributed by atoms with E-state index in [9.17, 15) is 0 Å². The summed E-state index contributed by atoms with van der Waals surface area (Å²) in [4.78, 5) is 0. The first-order valence-corrected chi connectivity index (χ1v) is 6.28. The molecule has 1 rings (SSSR count). The number of allylic oxidation sites excluding steroid dienone is 1. The van der Waals surface area contributed by atoms with Crippen molar-refractivity contribution in [2.24, 2.45) is 5.92 Å². The highest BCUT2D eigenvalue weighted by atomic mass is 14.1. The highest BCUT2D eigenvalue weighted by Gasteiger charge is 2.08. The standard InChI is InChI=1S/C16H24/c1-6-7-15-9-8-13(4)10-16(15)11-14(5)12(2)3/h8-10,14H,2,6-7,11H2,1,3-5H3. The van der Waals surface area contributed by atoms with Crippen LogP contribution >= 0.6 is 0 Å². The summed E-state index contributed by atoms with van der Waals surface area (Å²) in [6.45, 7) is 12.9. The fourth-order valence-corrected chi connectivity index (χ4v) is 1.96. The van der Waals surface area contributed by atoms with Crippen molar-refractivity contribution < 1.29 is 0 Å². The summed E-state index contributed by atoms with van der Waals surface area (Å²) in [6.07, 6.45) is 3.54. The van der Waals surface area contributed by atoms with Gasteiger partial charge in [0.05, 0.1) is 0 Å². The molecule has 16 heavy (non-hydrogen) atoms. The van der Waals surface area contributed by atoms with Crippen LogP contribution in [-0.4, -0.2) is 0 Å². The van der Waals surface area contributed by atoms with Gasteiger partial charge in [-0.05, 0) is 43.7 Å². The molecule has 0 saturated carbocycles. The molecular weight excluding hydrogens is 192 g/mol. The number of aryl methyl sites for hydroxylation is 2. The highest BCUT2D eigenvalue weighted by Crippen LogP contribution is 2.20. The van der Waals surface area contributed by atoms with Crippen molar-refractivity contribution >= 4 is 0 Å². The maximum absolute atomic E-state index is 4.05. The molecule has 0 N–H and O–H groups in total. The molecule has 0 spiro atoms. The number of hydrogen-bond donors (Lipinski definition) is 0. The van der Waals surface area contributed by atoms with Gasteiger partial charge < -0.3 is 0 Å². The van der Waals surface area contributed by atoms with Crippen LogP contribution in [0, 0.1) is 12.8 Å². The molecule has 0 radical (unpaired) electrons. The molecule has 88 valence electrons. The van der Waals surface area contributed by atoms with Gasteiger partial charge in [-0.2, -0.15) is 0 Å². The average Bonchev–Trinajstić information content (AvgIpc) is 2.22. The summed E-state index contributed by atoms with van der Waals surface area (Å²) >= 11 is 0. The van der Waals surface area contributed by atoms with Gasteiger partial charge in [-0.3, -0.25) is 0 Å². The van der Waals surface area contributed by atoms with E-state index in [-0.39, 0.29) is 0 Å². The quantitative estimate of drug-likeness (QED) is 0.626. The molecule has 0 aliphatic carbocycles. The largest absolute Gasteiger partial charge is 0.0999 e. The Morgan fingerprint density at radius 3 is 2.56 bits per heavy atom. The third-order valence-electron chi connectivity index (χ3n) is 3.25. The van der Waals surface area contributed by atoms with Crippen molar-refractivity contribution in [2.75, 3.05) is 0 Å². The molecule has 0 aromatic heterocycles. The van der Waals surface area contributed by atoms with Gasteiger partial charge in [-0.25, -0.2) is 0 Å². The lowest BCUT2D eigenvalue weighted by Crippen LogP contribution is -2.04. The van der Waals surface area contributed by atoms with Crippen LogP contribution in [0.4, 0.5) is 0 Å². The molecule has 1 aromatic carbocycles. The average molecular weight is 216 g/mol. The molecule has 1 atom stereocenters. The molecule has 0 heterocycles. The van der Waals surface area contributed by atoms with Crippen molar-refractivity contribution in [3.8, 4) is 0 Å². The first-order chi connectivity index (χ1) is 7.54. The van der Waals surface area contributed by atoms with Crippen molar-refractivity contribution in [3.63, 3.8) is 0 Å². The zero-order valence-electron chi connectivity index (χ0n) is 11.1. The Bertz CT molecular complexity index is 360. The fraction of sp³-hybridized carbons (Fsp3) is 0.500.